The van der Waals surface area contributed by atoms with Crippen LogP contribution in [0.1, 0.15) is 17.5 Å². The summed E-state index contributed by atoms with van der Waals surface area (Å²) in [6.45, 7) is 1.27. The quantitative estimate of drug-likeness (QED) is 0.208. The van der Waals surface area contributed by atoms with Crippen LogP contribution in [-0.4, -0.2) is 36.3 Å². The molecule has 0 atom stereocenters. The largest absolute Gasteiger partial charge is 0.487 e. The minimum atomic E-state index is -0.273. The lowest BCUT2D eigenvalue weighted by Gasteiger charge is -2.13. The number of thioether (sulfide) groups is 1. The number of rotatable bonds is 8. The van der Waals surface area contributed by atoms with Crippen LogP contribution in [-0.2, 0) is 16.1 Å². The molecule has 3 aromatic carbocycles. The molecular weight excluding hydrogens is 570 g/mol. The Balaban J connectivity index is 1.50. The lowest BCUT2D eigenvalue weighted by Crippen LogP contribution is -2.29. The number of methoxy groups -OCH3 is 1. The third-order valence-electron chi connectivity index (χ3n) is 5.17. The van der Waals surface area contributed by atoms with Gasteiger partial charge >= 0.3 is 0 Å². The molecular formula is C25H21Br2NO4S. The normalized spacial score (nSPS) is 15.1. The second kappa shape index (κ2) is 10.9. The fourth-order valence-corrected chi connectivity index (χ4v) is 5.90. The van der Waals surface area contributed by atoms with E-state index in [-0.39, 0.29) is 11.1 Å². The Morgan fingerprint density at radius 1 is 1.03 bits per heavy atom. The van der Waals surface area contributed by atoms with Crippen molar-refractivity contribution in [1.82, 2.24) is 4.90 Å². The zero-order valence-corrected chi connectivity index (χ0v) is 21.8. The van der Waals surface area contributed by atoms with Crippen molar-refractivity contribution in [2.75, 3.05) is 20.3 Å². The number of hydrogen-bond donors (Lipinski definition) is 0. The van der Waals surface area contributed by atoms with Crippen molar-refractivity contribution in [2.45, 2.75) is 13.0 Å². The van der Waals surface area contributed by atoms with Crippen molar-refractivity contribution in [3.63, 3.8) is 0 Å². The molecule has 0 unspecified atom stereocenters. The summed E-state index contributed by atoms with van der Waals surface area (Å²) in [7, 11) is 1.60. The zero-order valence-electron chi connectivity index (χ0n) is 17.8. The SMILES string of the molecule is COCCCN1C(=O)S/C(=C/c2cc(Br)c(OCc3cccc4ccccc34)c(Br)c2)C1=O. The molecule has 0 bridgehead atoms. The molecule has 2 amide bonds. The standard InChI is InChI=1S/C25H21Br2NO4S/c1-31-11-5-10-28-24(29)22(33-25(28)30)14-16-12-20(26)23(21(27)13-16)32-15-18-8-4-7-17-6-2-3-9-19(17)18/h2-4,6-9,12-14H,5,10-11,15H2,1H3/b22-14+. The first kappa shape index (κ1) is 24.0. The Labute approximate surface area is 213 Å². The first-order valence-electron chi connectivity index (χ1n) is 10.3. The second-order valence-corrected chi connectivity index (χ2v) is 10.1. The van der Waals surface area contributed by atoms with Crippen LogP contribution < -0.4 is 4.74 Å². The van der Waals surface area contributed by atoms with Crippen LogP contribution in [0.25, 0.3) is 16.8 Å². The molecule has 0 aromatic heterocycles. The van der Waals surface area contributed by atoms with E-state index in [0.29, 0.717) is 36.8 Å². The van der Waals surface area contributed by atoms with E-state index in [9.17, 15) is 9.59 Å². The predicted octanol–water partition coefficient (Wildman–Crippen LogP) is 7.02. The maximum absolute atomic E-state index is 12.6. The third-order valence-corrected chi connectivity index (χ3v) is 7.26. The molecule has 0 aliphatic carbocycles. The summed E-state index contributed by atoms with van der Waals surface area (Å²) in [6.07, 6.45) is 2.34. The summed E-state index contributed by atoms with van der Waals surface area (Å²) in [5.74, 6) is 0.400. The van der Waals surface area contributed by atoms with E-state index in [1.165, 1.54) is 10.3 Å². The van der Waals surface area contributed by atoms with Crippen LogP contribution >= 0.6 is 43.6 Å². The molecule has 33 heavy (non-hydrogen) atoms. The molecule has 8 heteroatoms. The van der Waals surface area contributed by atoms with E-state index in [4.69, 9.17) is 9.47 Å². The number of halogens is 2. The van der Waals surface area contributed by atoms with E-state index < -0.39 is 0 Å². The van der Waals surface area contributed by atoms with Gasteiger partial charge in [-0.25, -0.2) is 0 Å². The smallest absolute Gasteiger partial charge is 0.293 e. The maximum Gasteiger partial charge on any atom is 0.293 e. The summed E-state index contributed by atoms with van der Waals surface area (Å²) in [5.41, 5.74) is 1.88. The highest BCUT2D eigenvalue weighted by Gasteiger charge is 2.34. The van der Waals surface area contributed by atoms with Gasteiger partial charge in [-0.15, -0.1) is 0 Å². The van der Waals surface area contributed by atoms with E-state index in [0.717, 1.165) is 37.2 Å². The molecule has 1 fully saturated rings. The molecule has 0 radical (unpaired) electrons. The Morgan fingerprint density at radius 3 is 2.52 bits per heavy atom. The Bertz CT molecular complexity index is 1220. The van der Waals surface area contributed by atoms with Gasteiger partial charge in [0.25, 0.3) is 11.1 Å². The number of imide groups is 1. The summed E-state index contributed by atoms with van der Waals surface area (Å²) in [4.78, 5) is 26.5. The third kappa shape index (κ3) is 5.51. The van der Waals surface area contributed by atoms with Gasteiger partial charge in [0.2, 0.25) is 0 Å². The number of carbonyl (C=O) groups is 2. The first-order chi connectivity index (χ1) is 16.0. The van der Waals surface area contributed by atoms with Crippen molar-refractivity contribution in [1.29, 1.82) is 0 Å². The van der Waals surface area contributed by atoms with Crippen LogP contribution in [0.2, 0.25) is 0 Å². The number of fused-ring (bicyclic) bond motifs is 1. The van der Waals surface area contributed by atoms with Gasteiger partial charge in [-0.1, -0.05) is 42.5 Å². The van der Waals surface area contributed by atoms with Crippen LogP contribution in [0.3, 0.4) is 0 Å². The van der Waals surface area contributed by atoms with Gasteiger partial charge in [0.1, 0.15) is 12.4 Å². The van der Waals surface area contributed by atoms with Gasteiger partial charge in [0.15, 0.2) is 0 Å². The van der Waals surface area contributed by atoms with E-state index in [1.807, 2.05) is 30.3 Å². The number of hydrogen-bond acceptors (Lipinski definition) is 5. The fourth-order valence-electron chi connectivity index (χ4n) is 3.58. The summed E-state index contributed by atoms with van der Waals surface area (Å²) >= 11 is 8.12. The van der Waals surface area contributed by atoms with Gasteiger partial charge < -0.3 is 9.47 Å². The minimum absolute atomic E-state index is 0.254. The topological polar surface area (TPSA) is 55.8 Å². The van der Waals surface area contributed by atoms with E-state index >= 15 is 0 Å². The van der Waals surface area contributed by atoms with Crippen molar-refractivity contribution in [3.8, 4) is 5.75 Å². The number of carbonyl (C=O) groups excluding carboxylic acids is 2. The number of amides is 2. The Morgan fingerprint density at radius 2 is 1.76 bits per heavy atom. The molecule has 1 aliphatic rings. The molecule has 1 heterocycles. The Kier molecular flexibility index (Phi) is 7.90. The maximum atomic E-state index is 12.6. The van der Waals surface area contributed by atoms with Crippen LogP contribution in [0.4, 0.5) is 4.79 Å². The summed E-state index contributed by atoms with van der Waals surface area (Å²) in [5, 5.41) is 2.07. The molecule has 5 nitrogen and oxygen atoms in total. The Hall–Kier alpha value is -2.13. The molecule has 1 saturated heterocycles. The molecule has 4 rings (SSSR count). The molecule has 0 spiro atoms. The monoisotopic (exact) mass is 589 g/mol. The zero-order chi connectivity index (χ0) is 23.4. The molecule has 3 aromatic rings. The molecule has 0 saturated carbocycles. The lowest BCUT2D eigenvalue weighted by atomic mass is 10.1. The van der Waals surface area contributed by atoms with Crippen LogP contribution in [0, 0.1) is 0 Å². The van der Waals surface area contributed by atoms with Crippen molar-refractivity contribution in [2.24, 2.45) is 0 Å². The van der Waals surface area contributed by atoms with Gasteiger partial charge in [0, 0.05) is 20.3 Å². The highest BCUT2D eigenvalue weighted by Crippen LogP contribution is 2.38. The lowest BCUT2D eigenvalue weighted by molar-refractivity contribution is -0.122. The fraction of sp³-hybridized carbons (Fsp3) is 0.200. The van der Waals surface area contributed by atoms with Gasteiger partial charge in [0.05, 0.1) is 13.9 Å². The van der Waals surface area contributed by atoms with Crippen LogP contribution in [0.15, 0.2) is 68.4 Å². The number of benzene rings is 3. The van der Waals surface area contributed by atoms with E-state index in [1.54, 1.807) is 13.2 Å². The van der Waals surface area contributed by atoms with E-state index in [2.05, 4.69) is 56.1 Å². The number of nitrogens with zero attached hydrogens (tertiary/aromatic N) is 1. The number of ether oxygens (including phenoxy) is 2. The summed E-state index contributed by atoms with van der Waals surface area (Å²) < 4.78 is 12.6. The van der Waals surface area contributed by atoms with Crippen LogP contribution in [0.5, 0.6) is 5.75 Å². The van der Waals surface area contributed by atoms with Crippen molar-refractivity contribution < 1.29 is 19.1 Å². The van der Waals surface area contributed by atoms with Gasteiger partial charge in [-0.2, -0.15) is 0 Å². The highest BCUT2D eigenvalue weighted by molar-refractivity contribution is 9.11. The summed E-state index contributed by atoms with van der Waals surface area (Å²) in [6, 6.07) is 18.1. The average Bonchev–Trinajstić information content (AvgIpc) is 3.06. The van der Waals surface area contributed by atoms with Gasteiger partial charge in [-0.05, 0) is 90.2 Å². The average molecular weight is 591 g/mol. The first-order valence-corrected chi connectivity index (χ1v) is 12.7. The second-order valence-electron chi connectivity index (χ2n) is 7.42. The van der Waals surface area contributed by atoms with Crippen molar-refractivity contribution in [3.05, 3.63) is 79.6 Å². The predicted molar refractivity (Wildman–Crippen MR) is 139 cm³/mol. The van der Waals surface area contributed by atoms with Crippen molar-refractivity contribution >= 4 is 71.6 Å². The molecule has 170 valence electrons. The van der Waals surface area contributed by atoms with Gasteiger partial charge in [-0.3, -0.25) is 14.5 Å². The highest BCUT2D eigenvalue weighted by atomic mass is 79.9. The minimum Gasteiger partial charge on any atom is -0.487 e. The molecule has 0 N–H and O–H groups in total. The molecule has 1 aliphatic heterocycles.